The molecule has 0 saturated carbocycles. The van der Waals surface area contributed by atoms with Crippen LogP contribution in [0.2, 0.25) is 0 Å². The molecule has 0 spiro atoms. The molecule has 0 bridgehead atoms. The molecule has 2 N–H and O–H groups in total. The van der Waals surface area contributed by atoms with Gasteiger partial charge in [-0.3, -0.25) is 4.79 Å². The Balaban J connectivity index is 2.04. The fourth-order valence-corrected chi connectivity index (χ4v) is 2.67. The van der Waals surface area contributed by atoms with Crippen LogP contribution < -0.4 is 4.74 Å². The molecule has 0 heterocycles. The predicted octanol–water partition coefficient (Wildman–Crippen LogP) is 3.31. The standard InChI is InChI=1S/C17H21NO4S/c1-18(8-7-11-3-5-12(19)6-4-11)17(21)13-9-14(20)15(22-2)10-16(13)23/h3,5,9-10,19-20,23H,4,6-8H2,1-2H3. The zero-order valence-electron chi connectivity index (χ0n) is 13.2. The molecule has 1 aliphatic rings. The number of ether oxygens (including phenoxy) is 1. The molecular weight excluding hydrogens is 314 g/mol. The molecule has 1 aromatic carbocycles. The highest BCUT2D eigenvalue weighted by Crippen LogP contribution is 2.32. The number of phenols is 1. The van der Waals surface area contributed by atoms with Crippen LogP contribution in [0.5, 0.6) is 11.5 Å². The number of carbonyl (C=O) groups excluding carboxylic acids is 1. The first-order valence-corrected chi connectivity index (χ1v) is 7.80. The van der Waals surface area contributed by atoms with Crippen molar-refractivity contribution in [2.75, 3.05) is 20.7 Å². The van der Waals surface area contributed by atoms with Crippen LogP contribution in [0.15, 0.2) is 40.5 Å². The lowest BCUT2D eigenvalue weighted by Gasteiger charge is -2.20. The summed E-state index contributed by atoms with van der Waals surface area (Å²) in [6.45, 7) is 0.555. The lowest BCUT2D eigenvalue weighted by molar-refractivity contribution is 0.0792. The Morgan fingerprint density at radius 2 is 2.04 bits per heavy atom. The average molecular weight is 335 g/mol. The van der Waals surface area contributed by atoms with Crippen LogP contribution in [0.25, 0.3) is 0 Å². The maximum atomic E-state index is 12.5. The Bertz CT molecular complexity index is 667. The number of aliphatic hydroxyl groups excluding tert-OH is 1. The minimum Gasteiger partial charge on any atom is -0.512 e. The van der Waals surface area contributed by atoms with Gasteiger partial charge in [0.25, 0.3) is 5.91 Å². The van der Waals surface area contributed by atoms with E-state index in [0.717, 1.165) is 12.8 Å². The van der Waals surface area contributed by atoms with Crippen molar-refractivity contribution in [1.29, 1.82) is 0 Å². The van der Waals surface area contributed by atoms with Gasteiger partial charge in [-0.2, -0.15) is 0 Å². The van der Waals surface area contributed by atoms with Gasteiger partial charge in [0, 0.05) is 24.9 Å². The third kappa shape index (κ3) is 4.22. The highest BCUT2D eigenvalue weighted by atomic mass is 32.1. The zero-order valence-corrected chi connectivity index (χ0v) is 14.1. The van der Waals surface area contributed by atoms with Gasteiger partial charge < -0.3 is 19.8 Å². The minimum atomic E-state index is -0.206. The highest BCUT2D eigenvalue weighted by molar-refractivity contribution is 7.80. The SMILES string of the molecule is COc1cc(S)c(C(=O)N(C)CCC2=CC=C(O)CC2)cc1O. The summed E-state index contributed by atoms with van der Waals surface area (Å²) < 4.78 is 5.00. The van der Waals surface area contributed by atoms with E-state index in [1.54, 1.807) is 18.0 Å². The topological polar surface area (TPSA) is 70.0 Å². The summed E-state index contributed by atoms with van der Waals surface area (Å²) in [5, 5.41) is 19.2. The Hall–Kier alpha value is -2.08. The number of thiol groups is 1. The molecule has 0 fully saturated rings. The lowest BCUT2D eigenvalue weighted by atomic mass is 10.0. The molecule has 124 valence electrons. The molecule has 1 aliphatic carbocycles. The molecule has 1 aromatic rings. The van der Waals surface area contributed by atoms with Crippen molar-refractivity contribution in [2.45, 2.75) is 24.2 Å². The van der Waals surface area contributed by atoms with Gasteiger partial charge >= 0.3 is 0 Å². The molecule has 0 radical (unpaired) electrons. The number of rotatable bonds is 5. The molecule has 0 aromatic heterocycles. The summed E-state index contributed by atoms with van der Waals surface area (Å²) in [6, 6.07) is 2.90. The number of methoxy groups -OCH3 is 1. The molecule has 0 saturated heterocycles. The van der Waals surface area contributed by atoms with Crippen LogP contribution in [-0.2, 0) is 0 Å². The number of carbonyl (C=O) groups is 1. The van der Waals surface area contributed by atoms with Crippen LogP contribution in [0.3, 0.4) is 0 Å². The van der Waals surface area contributed by atoms with E-state index in [9.17, 15) is 15.0 Å². The number of hydrogen-bond acceptors (Lipinski definition) is 5. The van der Waals surface area contributed by atoms with Crippen molar-refractivity contribution in [2.24, 2.45) is 0 Å². The van der Waals surface area contributed by atoms with Crippen molar-refractivity contribution in [3.63, 3.8) is 0 Å². The normalized spacial score (nSPS) is 14.0. The number of benzene rings is 1. The van der Waals surface area contributed by atoms with Crippen molar-refractivity contribution in [3.05, 3.63) is 41.2 Å². The summed E-state index contributed by atoms with van der Waals surface area (Å²) >= 11 is 4.30. The van der Waals surface area contributed by atoms with Gasteiger partial charge in [-0.25, -0.2) is 0 Å². The van der Waals surface area contributed by atoms with Gasteiger partial charge in [-0.15, -0.1) is 12.6 Å². The fourth-order valence-electron chi connectivity index (χ4n) is 2.39. The molecule has 23 heavy (non-hydrogen) atoms. The van der Waals surface area contributed by atoms with Crippen molar-refractivity contribution in [1.82, 2.24) is 4.90 Å². The summed E-state index contributed by atoms with van der Waals surface area (Å²) in [5.41, 5.74) is 1.54. The fraction of sp³-hybridized carbons (Fsp3) is 0.353. The maximum absolute atomic E-state index is 12.5. The molecular formula is C17H21NO4S. The van der Waals surface area contributed by atoms with Gasteiger partial charge in [0.15, 0.2) is 11.5 Å². The number of amides is 1. The van der Waals surface area contributed by atoms with Gasteiger partial charge in [0.2, 0.25) is 0 Å². The van der Waals surface area contributed by atoms with E-state index in [0.29, 0.717) is 29.2 Å². The molecule has 5 nitrogen and oxygen atoms in total. The quantitative estimate of drug-likeness (QED) is 0.722. The van der Waals surface area contributed by atoms with Gasteiger partial charge in [-0.05, 0) is 31.1 Å². The Labute approximate surface area is 141 Å². The van der Waals surface area contributed by atoms with Crippen LogP contribution in [-0.4, -0.2) is 41.7 Å². The number of aliphatic hydroxyl groups is 1. The third-order valence-corrected chi connectivity index (χ3v) is 4.23. The number of aromatic hydroxyl groups is 1. The summed E-state index contributed by atoms with van der Waals surface area (Å²) in [6.07, 6.45) is 5.81. The summed E-state index contributed by atoms with van der Waals surface area (Å²) in [7, 11) is 3.16. The molecule has 0 atom stereocenters. The second kappa shape index (κ2) is 7.46. The van der Waals surface area contributed by atoms with Crippen molar-refractivity contribution < 1.29 is 19.7 Å². The second-order valence-electron chi connectivity index (χ2n) is 5.50. The van der Waals surface area contributed by atoms with E-state index < -0.39 is 0 Å². The van der Waals surface area contributed by atoms with E-state index in [1.165, 1.54) is 24.8 Å². The Morgan fingerprint density at radius 3 is 2.65 bits per heavy atom. The van der Waals surface area contributed by atoms with Crippen LogP contribution in [0.4, 0.5) is 0 Å². The van der Waals surface area contributed by atoms with Crippen molar-refractivity contribution >= 4 is 18.5 Å². The summed E-state index contributed by atoms with van der Waals surface area (Å²) in [5.74, 6) is 0.389. The second-order valence-corrected chi connectivity index (χ2v) is 5.98. The van der Waals surface area contributed by atoms with Crippen molar-refractivity contribution in [3.8, 4) is 11.5 Å². The molecule has 2 rings (SSSR count). The Kier molecular flexibility index (Phi) is 5.60. The number of phenolic OH excluding ortho intramolecular Hbond substituents is 1. The largest absolute Gasteiger partial charge is 0.512 e. The average Bonchev–Trinajstić information content (AvgIpc) is 2.55. The smallest absolute Gasteiger partial charge is 0.254 e. The minimum absolute atomic E-state index is 0.0855. The molecule has 0 aliphatic heterocycles. The monoisotopic (exact) mass is 335 g/mol. The van der Waals surface area contributed by atoms with E-state index >= 15 is 0 Å². The number of nitrogens with zero attached hydrogens (tertiary/aromatic N) is 1. The maximum Gasteiger partial charge on any atom is 0.254 e. The van der Waals surface area contributed by atoms with E-state index in [1.807, 2.05) is 6.08 Å². The van der Waals surface area contributed by atoms with Crippen LogP contribution in [0, 0.1) is 0 Å². The first-order chi connectivity index (χ1) is 10.9. The van der Waals surface area contributed by atoms with Gasteiger partial charge in [0.05, 0.1) is 18.4 Å². The first-order valence-electron chi connectivity index (χ1n) is 7.35. The summed E-state index contributed by atoms with van der Waals surface area (Å²) in [4.78, 5) is 14.6. The van der Waals surface area contributed by atoms with Crippen LogP contribution in [0.1, 0.15) is 29.6 Å². The zero-order chi connectivity index (χ0) is 17.0. The predicted molar refractivity (Wildman–Crippen MR) is 91.5 cm³/mol. The van der Waals surface area contributed by atoms with Gasteiger partial charge in [0.1, 0.15) is 0 Å². The number of allylic oxidation sites excluding steroid dienone is 3. The van der Waals surface area contributed by atoms with Crippen LogP contribution >= 0.6 is 12.6 Å². The van der Waals surface area contributed by atoms with Gasteiger partial charge in [-0.1, -0.05) is 11.6 Å². The first kappa shape index (κ1) is 17.3. The third-order valence-electron chi connectivity index (χ3n) is 3.86. The van der Waals surface area contributed by atoms with E-state index in [2.05, 4.69) is 12.6 Å². The molecule has 0 unspecified atom stereocenters. The molecule has 6 heteroatoms. The molecule has 1 amide bonds. The number of hydrogen-bond donors (Lipinski definition) is 3. The van der Waals surface area contributed by atoms with E-state index in [-0.39, 0.29) is 17.4 Å². The highest BCUT2D eigenvalue weighted by Gasteiger charge is 2.18. The Morgan fingerprint density at radius 1 is 1.30 bits per heavy atom. The van der Waals surface area contributed by atoms with E-state index in [4.69, 9.17) is 4.74 Å². The lowest BCUT2D eigenvalue weighted by Crippen LogP contribution is -2.28.